The molecule has 0 aliphatic rings. The molecule has 0 amide bonds. The highest BCUT2D eigenvalue weighted by Crippen LogP contribution is 2.19. The van der Waals surface area contributed by atoms with E-state index in [4.69, 9.17) is 14.6 Å². The Labute approximate surface area is 118 Å². The maximum atomic E-state index is 12.1. The van der Waals surface area contributed by atoms with Crippen molar-refractivity contribution >= 4 is 16.0 Å². The lowest BCUT2D eigenvalue weighted by molar-refractivity contribution is 0.0108. The highest BCUT2D eigenvalue weighted by atomic mass is 32.2. The Bertz CT molecular complexity index is 577. The van der Waals surface area contributed by atoms with Crippen LogP contribution in [0.4, 0.5) is 0 Å². The molecule has 1 aromatic rings. The highest BCUT2D eigenvalue weighted by molar-refractivity contribution is 7.89. The van der Waals surface area contributed by atoms with Crippen molar-refractivity contribution in [1.82, 2.24) is 4.57 Å². The molecule has 20 heavy (non-hydrogen) atoms. The number of nitrogens with two attached hydrogens (primary N) is 1. The van der Waals surface area contributed by atoms with Gasteiger partial charge in [0.2, 0.25) is 10.0 Å². The first-order chi connectivity index (χ1) is 9.16. The number of carbonyl (C=O) groups excluding carboxylic acids is 1. The molecule has 0 aliphatic carbocycles. The van der Waals surface area contributed by atoms with Crippen LogP contribution in [0.15, 0.2) is 17.2 Å². The summed E-state index contributed by atoms with van der Waals surface area (Å²) in [7, 11) is -2.36. The largest absolute Gasteiger partial charge is 0.456 e. The van der Waals surface area contributed by atoms with Gasteiger partial charge >= 0.3 is 5.97 Å². The number of nitrogens with zero attached hydrogens (tertiary/aromatic N) is 1. The molecule has 0 aromatic carbocycles. The minimum atomic E-state index is -3.86. The molecule has 0 bridgehead atoms. The van der Waals surface area contributed by atoms with Crippen molar-refractivity contribution in [3.8, 4) is 0 Å². The van der Waals surface area contributed by atoms with Crippen LogP contribution in [0.25, 0.3) is 0 Å². The molecule has 1 unspecified atom stereocenters. The van der Waals surface area contributed by atoms with Crippen LogP contribution in [0.2, 0.25) is 0 Å². The Hall–Kier alpha value is -1.38. The number of hydrogen-bond donors (Lipinski definition) is 1. The lowest BCUT2D eigenvalue weighted by Crippen LogP contribution is -2.22. The fourth-order valence-electron chi connectivity index (χ4n) is 1.71. The zero-order chi connectivity index (χ0) is 15.5. The van der Waals surface area contributed by atoms with E-state index in [2.05, 4.69) is 0 Å². The molecule has 0 radical (unpaired) electrons. The zero-order valence-electron chi connectivity index (χ0n) is 12.0. The predicted octanol–water partition coefficient (Wildman–Crippen LogP) is 0.908. The van der Waals surface area contributed by atoms with Gasteiger partial charge in [0.05, 0.1) is 6.61 Å². The number of hydrogen-bond acceptors (Lipinski definition) is 5. The first-order valence-electron chi connectivity index (χ1n) is 6.11. The molecule has 8 heteroatoms. The number of ether oxygens (including phenoxy) is 2. The number of sulfonamides is 1. The second kappa shape index (κ2) is 6.38. The minimum absolute atomic E-state index is 0.106. The van der Waals surface area contributed by atoms with E-state index in [-0.39, 0.29) is 23.2 Å². The number of carbonyl (C=O) groups is 1. The summed E-state index contributed by atoms with van der Waals surface area (Å²) < 4.78 is 34.3. The smallest absolute Gasteiger partial charge is 0.355 e. The van der Waals surface area contributed by atoms with Crippen molar-refractivity contribution in [2.24, 2.45) is 5.14 Å². The van der Waals surface area contributed by atoms with Gasteiger partial charge in [0, 0.05) is 19.3 Å². The monoisotopic (exact) mass is 304 g/mol. The standard InChI is InChI=1S/C12H20N2O5S/c1-8(2)14-6-10(20(13,16)17)5-11(14)12(15)19-9(3)7-18-4/h5-6,8-9H,7H2,1-4H3,(H2,13,16,17). The SMILES string of the molecule is COCC(C)OC(=O)c1cc(S(N)(=O)=O)cn1C(C)C. The zero-order valence-corrected chi connectivity index (χ0v) is 12.8. The number of rotatable bonds is 6. The summed E-state index contributed by atoms with van der Waals surface area (Å²) in [6, 6.07) is 1.11. The van der Waals surface area contributed by atoms with Gasteiger partial charge in [-0.2, -0.15) is 0 Å². The summed E-state index contributed by atoms with van der Waals surface area (Å²) in [5.74, 6) is -0.613. The van der Waals surface area contributed by atoms with Crippen molar-refractivity contribution < 1.29 is 22.7 Å². The molecule has 2 N–H and O–H groups in total. The minimum Gasteiger partial charge on any atom is -0.456 e. The van der Waals surface area contributed by atoms with Crippen molar-refractivity contribution in [3.05, 3.63) is 18.0 Å². The van der Waals surface area contributed by atoms with Crippen molar-refractivity contribution in [2.45, 2.75) is 37.8 Å². The van der Waals surface area contributed by atoms with E-state index in [1.807, 2.05) is 13.8 Å². The van der Waals surface area contributed by atoms with E-state index in [0.29, 0.717) is 0 Å². The molecular weight excluding hydrogens is 284 g/mol. The van der Waals surface area contributed by atoms with Crippen molar-refractivity contribution in [1.29, 1.82) is 0 Å². The Morgan fingerprint density at radius 3 is 2.45 bits per heavy atom. The summed E-state index contributed by atoms with van der Waals surface area (Å²) in [6.07, 6.45) is 0.901. The van der Waals surface area contributed by atoms with Crippen LogP contribution in [0.3, 0.4) is 0 Å². The van der Waals surface area contributed by atoms with Crippen LogP contribution < -0.4 is 5.14 Å². The summed E-state index contributed by atoms with van der Waals surface area (Å²) in [6.45, 7) is 5.59. The topological polar surface area (TPSA) is 101 Å². The molecule has 1 aromatic heterocycles. The Morgan fingerprint density at radius 2 is 2.00 bits per heavy atom. The Morgan fingerprint density at radius 1 is 1.40 bits per heavy atom. The lowest BCUT2D eigenvalue weighted by atomic mass is 10.3. The lowest BCUT2D eigenvalue weighted by Gasteiger charge is -2.15. The molecule has 1 atom stereocenters. The molecule has 1 heterocycles. The molecule has 0 saturated carbocycles. The third kappa shape index (κ3) is 4.06. The van der Waals surface area contributed by atoms with Gasteiger partial charge in [-0.15, -0.1) is 0 Å². The van der Waals surface area contributed by atoms with E-state index in [1.165, 1.54) is 23.9 Å². The van der Waals surface area contributed by atoms with Gasteiger partial charge < -0.3 is 14.0 Å². The second-order valence-electron chi connectivity index (χ2n) is 4.78. The van der Waals surface area contributed by atoms with Crippen LogP contribution in [-0.2, 0) is 19.5 Å². The average Bonchev–Trinajstić information content (AvgIpc) is 2.73. The summed E-state index contributed by atoms with van der Waals surface area (Å²) in [5, 5.41) is 5.08. The van der Waals surface area contributed by atoms with E-state index in [9.17, 15) is 13.2 Å². The molecule has 0 spiro atoms. The van der Waals surface area contributed by atoms with E-state index < -0.39 is 22.1 Å². The normalized spacial score (nSPS) is 13.5. The van der Waals surface area contributed by atoms with Gasteiger partial charge in [0.25, 0.3) is 0 Å². The predicted molar refractivity (Wildman–Crippen MR) is 72.9 cm³/mol. The molecule has 0 aliphatic heterocycles. The maximum absolute atomic E-state index is 12.1. The summed E-state index contributed by atoms with van der Waals surface area (Å²) >= 11 is 0. The molecule has 0 saturated heterocycles. The van der Waals surface area contributed by atoms with E-state index >= 15 is 0 Å². The third-order valence-electron chi connectivity index (χ3n) is 2.63. The van der Waals surface area contributed by atoms with Gasteiger partial charge in [-0.05, 0) is 26.8 Å². The van der Waals surface area contributed by atoms with Gasteiger partial charge in [-0.3, -0.25) is 0 Å². The van der Waals surface area contributed by atoms with Crippen molar-refractivity contribution in [2.75, 3.05) is 13.7 Å². The van der Waals surface area contributed by atoms with Crippen LogP contribution in [0.5, 0.6) is 0 Å². The fourth-order valence-corrected chi connectivity index (χ4v) is 2.25. The Balaban J connectivity index is 3.10. The molecule has 7 nitrogen and oxygen atoms in total. The van der Waals surface area contributed by atoms with Gasteiger partial charge in [0.15, 0.2) is 0 Å². The summed E-state index contributed by atoms with van der Waals surface area (Å²) in [5.41, 5.74) is 0.145. The number of aromatic nitrogens is 1. The van der Waals surface area contributed by atoms with Crippen molar-refractivity contribution in [3.63, 3.8) is 0 Å². The molecular formula is C12H20N2O5S. The quantitative estimate of drug-likeness (QED) is 0.787. The molecule has 1 rings (SSSR count). The second-order valence-corrected chi connectivity index (χ2v) is 6.34. The maximum Gasteiger partial charge on any atom is 0.355 e. The van der Waals surface area contributed by atoms with Crippen LogP contribution in [0, 0.1) is 0 Å². The third-order valence-corrected chi connectivity index (χ3v) is 3.51. The van der Waals surface area contributed by atoms with E-state index in [0.717, 1.165) is 0 Å². The van der Waals surface area contributed by atoms with Crippen LogP contribution in [0.1, 0.15) is 37.3 Å². The number of primary sulfonamides is 1. The number of methoxy groups -OCH3 is 1. The van der Waals surface area contributed by atoms with Crippen LogP contribution >= 0.6 is 0 Å². The first kappa shape index (κ1) is 16.7. The first-order valence-corrected chi connectivity index (χ1v) is 7.66. The average molecular weight is 304 g/mol. The Kier molecular flexibility index (Phi) is 5.32. The fraction of sp³-hybridized carbons (Fsp3) is 0.583. The van der Waals surface area contributed by atoms with Gasteiger partial charge in [0.1, 0.15) is 16.7 Å². The van der Waals surface area contributed by atoms with Crippen LogP contribution in [-0.4, -0.2) is 38.8 Å². The summed E-state index contributed by atoms with van der Waals surface area (Å²) in [4.78, 5) is 11.9. The molecule has 0 fully saturated rings. The van der Waals surface area contributed by atoms with Gasteiger partial charge in [-0.1, -0.05) is 0 Å². The van der Waals surface area contributed by atoms with E-state index in [1.54, 1.807) is 6.92 Å². The van der Waals surface area contributed by atoms with Gasteiger partial charge in [-0.25, -0.2) is 18.4 Å². The number of esters is 1. The molecule has 114 valence electrons. The highest BCUT2D eigenvalue weighted by Gasteiger charge is 2.22.